The summed E-state index contributed by atoms with van der Waals surface area (Å²) in [6.45, 7) is 2.71. The van der Waals surface area contributed by atoms with Crippen molar-refractivity contribution < 1.29 is 13.2 Å². The molecule has 0 aromatic carbocycles. The van der Waals surface area contributed by atoms with Crippen molar-refractivity contribution in [1.82, 2.24) is 14.5 Å². The van der Waals surface area contributed by atoms with E-state index in [1.807, 2.05) is 19.0 Å². The summed E-state index contributed by atoms with van der Waals surface area (Å²) >= 11 is 0. The molecule has 1 amide bonds. The highest BCUT2D eigenvalue weighted by molar-refractivity contribution is 7.89. The van der Waals surface area contributed by atoms with Crippen LogP contribution >= 0.6 is 0 Å². The number of carbonyl (C=O) groups is 1. The van der Waals surface area contributed by atoms with Crippen molar-refractivity contribution in [1.29, 1.82) is 0 Å². The molecule has 0 atom stereocenters. The monoisotopic (exact) mass is 305 g/mol. The van der Waals surface area contributed by atoms with Crippen molar-refractivity contribution in [3.05, 3.63) is 0 Å². The molecule has 1 fully saturated rings. The van der Waals surface area contributed by atoms with Crippen LogP contribution in [0.15, 0.2) is 0 Å². The van der Waals surface area contributed by atoms with E-state index in [0.29, 0.717) is 19.6 Å². The van der Waals surface area contributed by atoms with Crippen molar-refractivity contribution in [3.63, 3.8) is 0 Å². The Bertz CT molecular complexity index is 390. The van der Waals surface area contributed by atoms with Crippen LogP contribution in [0.4, 0.5) is 0 Å². The van der Waals surface area contributed by atoms with Gasteiger partial charge in [0.25, 0.3) is 0 Å². The van der Waals surface area contributed by atoms with Crippen LogP contribution in [0.5, 0.6) is 0 Å². The third-order valence-electron chi connectivity index (χ3n) is 3.40. The van der Waals surface area contributed by atoms with E-state index in [0.717, 1.165) is 32.2 Å². The molecule has 1 aliphatic rings. The third kappa shape index (κ3) is 6.67. The second kappa shape index (κ2) is 8.59. The lowest BCUT2D eigenvalue weighted by atomic mass is 10.2. The number of carbonyl (C=O) groups excluding carboxylic acids is 1. The summed E-state index contributed by atoms with van der Waals surface area (Å²) in [5.41, 5.74) is 0. The Labute approximate surface area is 122 Å². The summed E-state index contributed by atoms with van der Waals surface area (Å²) < 4.78 is 25.6. The maximum atomic E-state index is 12.0. The fourth-order valence-electron chi connectivity index (χ4n) is 2.21. The first-order valence-corrected chi connectivity index (χ1v) is 8.92. The minimum Gasteiger partial charge on any atom is -0.356 e. The van der Waals surface area contributed by atoms with Gasteiger partial charge in [-0.2, -0.15) is 0 Å². The standard InChI is InChI=1S/C13H27N3O3S/c1-15(2)9-6-8-14-13(17)7-12-20(18,19)16-10-4-3-5-11-16/h3-12H2,1-2H3,(H,14,17). The number of piperidine rings is 1. The Kier molecular flexibility index (Phi) is 7.47. The highest BCUT2D eigenvalue weighted by Gasteiger charge is 2.24. The lowest BCUT2D eigenvalue weighted by molar-refractivity contribution is -0.120. The van der Waals surface area contributed by atoms with Gasteiger partial charge >= 0.3 is 0 Å². The van der Waals surface area contributed by atoms with Crippen molar-refractivity contribution in [2.45, 2.75) is 32.1 Å². The minimum atomic E-state index is -3.26. The molecule has 0 aliphatic carbocycles. The molecule has 0 bridgehead atoms. The van der Waals surface area contributed by atoms with Gasteiger partial charge in [-0.05, 0) is 39.9 Å². The minimum absolute atomic E-state index is 0.0563. The van der Waals surface area contributed by atoms with Crippen LogP contribution in [-0.4, -0.2) is 69.6 Å². The second-order valence-electron chi connectivity index (χ2n) is 5.53. The summed E-state index contributed by atoms with van der Waals surface area (Å²) in [5.74, 6) is -0.253. The number of hydrogen-bond donors (Lipinski definition) is 1. The molecule has 7 heteroatoms. The molecule has 6 nitrogen and oxygen atoms in total. The average Bonchev–Trinajstić information content (AvgIpc) is 2.42. The number of hydrogen-bond acceptors (Lipinski definition) is 4. The lowest BCUT2D eigenvalue weighted by Crippen LogP contribution is -2.38. The van der Waals surface area contributed by atoms with E-state index in [4.69, 9.17) is 0 Å². The Morgan fingerprint density at radius 1 is 1.20 bits per heavy atom. The van der Waals surface area contributed by atoms with Crippen LogP contribution in [0, 0.1) is 0 Å². The summed E-state index contributed by atoms with van der Waals surface area (Å²) in [6, 6.07) is 0. The fraction of sp³-hybridized carbons (Fsp3) is 0.923. The first kappa shape index (κ1) is 17.4. The highest BCUT2D eigenvalue weighted by Crippen LogP contribution is 2.13. The second-order valence-corrected chi connectivity index (χ2v) is 7.62. The van der Waals surface area contributed by atoms with E-state index >= 15 is 0 Å². The fourth-order valence-corrected chi connectivity index (χ4v) is 3.72. The predicted molar refractivity (Wildman–Crippen MR) is 80.0 cm³/mol. The third-order valence-corrected chi connectivity index (χ3v) is 5.27. The molecule has 0 spiro atoms. The van der Waals surface area contributed by atoms with Crippen LogP contribution < -0.4 is 5.32 Å². The summed E-state index contributed by atoms with van der Waals surface area (Å²) in [4.78, 5) is 13.7. The zero-order valence-corrected chi connectivity index (χ0v) is 13.4. The van der Waals surface area contributed by atoms with E-state index in [9.17, 15) is 13.2 Å². The van der Waals surface area contributed by atoms with Gasteiger partial charge in [-0.1, -0.05) is 6.42 Å². The maximum absolute atomic E-state index is 12.0. The van der Waals surface area contributed by atoms with Crippen molar-refractivity contribution in [2.24, 2.45) is 0 Å². The summed E-state index contributed by atoms with van der Waals surface area (Å²) in [7, 11) is 0.700. The Balaban J connectivity index is 2.22. The molecular formula is C13H27N3O3S. The first-order valence-electron chi connectivity index (χ1n) is 7.31. The van der Waals surface area contributed by atoms with Gasteiger partial charge in [-0.25, -0.2) is 12.7 Å². The van der Waals surface area contributed by atoms with Crippen molar-refractivity contribution >= 4 is 15.9 Å². The van der Waals surface area contributed by atoms with Gasteiger partial charge in [0.15, 0.2) is 0 Å². The van der Waals surface area contributed by atoms with Crippen molar-refractivity contribution in [2.75, 3.05) is 46.0 Å². The molecule has 1 heterocycles. The van der Waals surface area contributed by atoms with Crippen LogP contribution in [0.2, 0.25) is 0 Å². The Hall–Kier alpha value is -0.660. The van der Waals surface area contributed by atoms with E-state index in [2.05, 4.69) is 5.32 Å². The summed E-state index contributed by atoms with van der Waals surface area (Å²) in [6.07, 6.45) is 3.88. The number of rotatable bonds is 8. The van der Waals surface area contributed by atoms with Gasteiger partial charge in [0.05, 0.1) is 5.75 Å². The van der Waals surface area contributed by atoms with E-state index < -0.39 is 10.0 Å². The van der Waals surface area contributed by atoms with Crippen LogP contribution in [0.1, 0.15) is 32.1 Å². The normalized spacial score (nSPS) is 17.4. The molecule has 1 saturated heterocycles. The molecular weight excluding hydrogens is 278 g/mol. The van der Waals surface area contributed by atoms with E-state index in [1.54, 1.807) is 0 Å². The average molecular weight is 305 g/mol. The molecule has 0 saturated carbocycles. The molecule has 118 valence electrons. The molecule has 0 unspecified atom stereocenters. The molecule has 0 aromatic heterocycles. The molecule has 1 rings (SSSR count). The zero-order chi connectivity index (χ0) is 15.0. The zero-order valence-electron chi connectivity index (χ0n) is 12.6. The van der Waals surface area contributed by atoms with Gasteiger partial charge in [0, 0.05) is 26.1 Å². The molecule has 1 aliphatic heterocycles. The van der Waals surface area contributed by atoms with Gasteiger partial charge in [0.2, 0.25) is 15.9 Å². The van der Waals surface area contributed by atoms with Gasteiger partial charge in [-0.3, -0.25) is 4.79 Å². The van der Waals surface area contributed by atoms with Gasteiger partial charge in [0.1, 0.15) is 0 Å². The number of nitrogens with zero attached hydrogens (tertiary/aromatic N) is 2. The van der Waals surface area contributed by atoms with Gasteiger partial charge in [-0.15, -0.1) is 0 Å². The lowest BCUT2D eigenvalue weighted by Gasteiger charge is -2.25. The topological polar surface area (TPSA) is 69.7 Å². The molecule has 20 heavy (non-hydrogen) atoms. The highest BCUT2D eigenvalue weighted by atomic mass is 32.2. The largest absolute Gasteiger partial charge is 0.356 e. The molecule has 0 radical (unpaired) electrons. The maximum Gasteiger partial charge on any atom is 0.221 e. The van der Waals surface area contributed by atoms with Crippen LogP contribution in [0.3, 0.4) is 0 Å². The van der Waals surface area contributed by atoms with E-state index in [-0.39, 0.29) is 18.1 Å². The van der Waals surface area contributed by atoms with Crippen LogP contribution in [0.25, 0.3) is 0 Å². The smallest absolute Gasteiger partial charge is 0.221 e. The Morgan fingerprint density at radius 3 is 2.45 bits per heavy atom. The van der Waals surface area contributed by atoms with Gasteiger partial charge < -0.3 is 10.2 Å². The van der Waals surface area contributed by atoms with Crippen LogP contribution in [-0.2, 0) is 14.8 Å². The number of sulfonamides is 1. The molecule has 1 N–H and O–H groups in total. The van der Waals surface area contributed by atoms with Crippen molar-refractivity contribution in [3.8, 4) is 0 Å². The predicted octanol–water partition coefficient (Wildman–Crippen LogP) is 0.260. The quantitative estimate of drug-likeness (QED) is 0.653. The SMILES string of the molecule is CN(C)CCCNC(=O)CCS(=O)(=O)N1CCCCC1. The summed E-state index contributed by atoms with van der Waals surface area (Å²) in [5, 5.41) is 2.76. The molecule has 0 aromatic rings. The Morgan fingerprint density at radius 2 is 1.85 bits per heavy atom. The number of nitrogens with one attached hydrogen (secondary N) is 1. The number of amides is 1. The first-order chi connectivity index (χ1) is 9.42. The van der Waals surface area contributed by atoms with E-state index in [1.165, 1.54) is 4.31 Å².